The van der Waals surface area contributed by atoms with Crippen LogP contribution in [0.5, 0.6) is 5.75 Å². The van der Waals surface area contributed by atoms with Crippen LogP contribution in [0, 0.1) is 0 Å². The van der Waals surface area contributed by atoms with E-state index >= 15 is 0 Å². The summed E-state index contributed by atoms with van der Waals surface area (Å²) in [5, 5.41) is 3.18. The van der Waals surface area contributed by atoms with Gasteiger partial charge in [0.2, 0.25) is 0 Å². The molecule has 3 nitrogen and oxygen atoms in total. The number of rotatable bonds is 5. The zero-order chi connectivity index (χ0) is 12.0. The molecule has 1 aromatic rings. The number of nitrogen functional groups attached to an aromatic ring is 1. The van der Waals surface area contributed by atoms with Crippen LogP contribution in [0.2, 0.25) is 0 Å². The van der Waals surface area contributed by atoms with Crippen molar-refractivity contribution in [2.45, 2.75) is 19.4 Å². The summed E-state index contributed by atoms with van der Waals surface area (Å²) in [4.78, 5) is 0. The zero-order valence-corrected chi connectivity index (χ0v) is 10.2. The molecule has 1 unspecified atom stereocenters. The standard InChI is InChI=1S/C13H20N2O/c1-10(15-2)5-4-6-11-7-12(14)9-13(8-11)16-3/h4,6-10,15H,5,14H2,1-3H3. The first-order valence-corrected chi connectivity index (χ1v) is 5.44. The predicted octanol–water partition coefficient (Wildman–Crippen LogP) is 2.29. The van der Waals surface area contributed by atoms with Crippen LogP contribution in [0.1, 0.15) is 18.9 Å². The van der Waals surface area contributed by atoms with Crippen molar-refractivity contribution in [2.24, 2.45) is 0 Å². The van der Waals surface area contributed by atoms with Crippen molar-refractivity contribution >= 4 is 11.8 Å². The smallest absolute Gasteiger partial charge is 0.121 e. The Morgan fingerprint density at radius 3 is 2.81 bits per heavy atom. The first-order chi connectivity index (χ1) is 7.65. The van der Waals surface area contributed by atoms with Crippen molar-refractivity contribution < 1.29 is 4.74 Å². The molecule has 88 valence electrons. The summed E-state index contributed by atoms with van der Waals surface area (Å²) in [5.41, 5.74) is 7.56. The average molecular weight is 220 g/mol. The third-order valence-electron chi connectivity index (χ3n) is 2.48. The molecule has 0 amide bonds. The number of hydrogen-bond acceptors (Lipinski definition) is 3. The molecule has 0 aliphatic carbocycles. The first kappa shape index (κ1) is 12.6. The summed E-state index contributed by atoms with van der Waals surface area (Å²) in [6.45, 7) is 2.14. The van der Waals surface area contributed by atoms with Crippen LogP contribution in [-0.2, 0) is 0 Å². The Labute approximate surface area is 97.3 Å². The normalized spacial score (nSPS) is 12.9. The van der Waals surface area contributed by atoms with E-state index in [0.29, 0.717) is 6.04 Å². The van der Waals surface area contributed by atoms with Gasteiger partial charge in [0, 0.05) is 17.8 Å². The van der Waals surface area contributed by atoms with Gasteiger partial charge in [-0.15, -0.1) is 0 Å². The molecule has 0 saturated heterocycles. The number of ether oxygens (including phenoxy) is 1. The van der Waals surface area contributed by atoms with Crippen molar-refractivity contribution in [3.8, 4) is 5.75 Å². The van der Waals surface area contributed by atoms with E-state index in [1.807, 2.05) is 25.2 Å². The van der Waals surface area contributed by atoms with Crippen molar-refractivity contribution in [1.82, 2.24) is 5.32 Å². The monoisotopic (exact) mass is 220 g/mol. The molecule has 0 bridgehead atoms. The van der Waals surface area contributed by atoms with Crippen LogP contribution >= 0.6 is 0 Å². The number of nitrogens with one attached hydrogen (secondary N) is 1. The lowest BCUT2D eigenvalue weighted by Gasteiger charge is -2.06. The second kappa shape index (κ2) is 6.18. The highest BCUT2D eigenvalue weighted by Crippen LogP contribution is 2.19. The minimum atomic E-state index is 0.485. The Balaban J connectivity index is 2.69. The van der Waals surface area contributed by atoms with Gasteiger partial charge in [0.15, 0.2) is 0 Å². The second-order valence-electron chi connectivity index (χ2n) is 3.87. The molecule has 0 saturated carbocycles. The lowest BCUT2D eigenvalue weighted by atomic mass is 10.1. The lowest BCUT2D eigenvalue weighted by Crippen LogP contribution is -2.19. The van der Waals surface area contributed by atoms with Crippen LogP contribution < -0.4 is 15.8 Å². The second-order valence-corrected chi connectivity index (χ2v) is 3.87. The molecule has 1 atom stereocenters. The highest BCUT2D eigenvalue weighted by atomic mass is 16.5. The molecule has 0 radical (unpaired) electrons. The fourth-order valence-corrected chi connectivity index (χ4v) is 1.39. The van der Waals surface area contributed by atoms with Crippen LogP contribution in [0.4, 0.5) is 5.69 Å². The summed E-state index contributed by atoms with van der Waals surface area (Å²) in [6.07, 6.45) is 5.19. The predicted molar refractivity (Wildman–Crippen MR) is 69.6 cm³/mol. The van der Waals surface area contributed by atoms with E-state index in [4.69, 9.17) is 10.5 Å². The van der Waals surface area contributed by atoms with Crippen molar-refractivity contribution in [1.29, 1.82) is 0 Å². The first-order valence-electron chi connectivity index (χ1n) is 5.44. The molecular weight excluding hydrogens is 200 g/mol. The fourth-order valence-electron chi connectivity index (χ4n) is 1.39. The largest absolute Gasteiger partial charge is 0.497 e. The van der Waals surface area contributed by atoms with Gasteiger partial charge in [-0.05, 0) is 38.1 Å². The Morgan fingerprint density at radius 2 is 2.19 bits per heavy atom. The SMILES string of the molecule is CNC(C)CC=Cc1cc(N)cc(OC)c1. The van der Waals surface area contributed by atoms with Gasteiger partial charge in [0.05, 0.1) is 7.11 Å². The third kappa shape index (κ3) is 3.95. The van der Waals surface area contributed by atoms with Crippen LogP contribution in [-0.4, -0.2) is 20.2 Å². The molecule has 0 aliphatic heterocycles. The number of benzene rings is 1. The molecular formula is C13H20N2O. The van der Waals surface area contributed by atoms with E-state index in [0.717, 1.165) is 23.4 Å². The topological polar surface area (TPSA) is 47.3 Å². The zero-order valence-electron chi connectivity index (χ0n) is 10.2. The number of nitrogens with two attached hydrogens (primary N) is 1. The average Bonchev–Trinajstić information content (AvgIpc) is 2.28. The van der Waals surface area contributed by atoms with Crippen molar-refractivity contribution in [3.05, 3.63) is 29.8 Å². The van der Waals surface area contributed by atoms with Gasteiger partial charge >= 0.3 is 0 Å². The summed E-state index contributed by atoms with van der Waals surface area (Å²) < 4.78 is 5.16. The maximum Gasteiger partial charge on any atom is 0.121 e. The Hall–Kier alpha value is -1.48. The maximum atomic E-state index is 5.77. The van der Waals surface area contributed by atoms with E-state index in [2.05, 4.69) is 24.4 Å². The number of hydrogen-bond donors (Lipinski definition) is 2. The van der Waals surface area contributed by atoms with Crippen LogP contribution in [0.3, 0.4) is 0 Å². The van der Waals surface area contributed by atoms with Gasteiger partial charge in [-0.1, -0.05) is 12.2 Å². The Kier molecular flexibility index (Phi) is 4.86. The van der Waals surface area contributed by atoms with Gasteiger partial charge in [-0.3, -0.25) is 0 Å². The quantitative estimate of drug-likeness (QED) is 0.748. The van der Waals surface area contributed by atoms with Crippen molar-refractivity contribution in [3.63, 3.8) is 0 Å². The Morgan fingerprint density at radius 1 is 1.44 bits per heavy atom. The minimum Gasteiger partial charge on any atom is -0.497 e. The highest BCUT2D eigenvalue weighted by Gasteiger charge is 1.97. The Bertz CT molecular complexity index is 361. The molecule has 0 fully saturated rings. The fraction of sp³-hybridized carbons (Fsp3) is 0.385. The van der Waals surface area contributed by atoms with E-state index in [1.54, 1.807) is 7.11 Å². The molecule has 16 heavy (non-hydrogen) atoms. The lowest BCUT2D eigenvalue weighted by molar-refractivity contribution is 0.415. The van der Waals surface area contributed by atoms with E-state index in [1.165, 1.54) is 0 Å². The van der Waals surface area contributed by atoms with Crippen LogP contribution in [0.25, 0.3) is 6.08 Å². The van der Waals surface area contributed by atoms with E-state index < -0.39 is 0 Å². The molecule has 0 aliphatic rings. The van der Waals surface area contributed by atoms with Gasteiger partial charge in [-0.2, -0.15) is 0 Å². The van der Waals surface area contributed by atoms with Crippen LogP contribution in [0.15, 0.2) is 24.3 Å². The van der Waals surface area contributed by atoms with E-state index in [-0.39, 0.29) is 0 Å². The summed E-state index contributed by atoms with van der Waals surface area (Å²) >= 11 is 0. The highest BCUT2D eigenvalue weighted by molar-refractivity contribution is 5.59. The number of methoxy groups -OCH3 is 1. The van der Waals surface area contributed by atoms with Gasteiger partial charge < -0.3 is 15.8 Å². The molecule has 0 heterocycles. The molecule has 1 aromatic carbocycles. The van der Waals surface area contributed by atoms with Gasteiger partial charge in [0.25, 0.3) is 0 Å². The summed E-state index contributed by atoms with van der Waals surface area (Å²) in [5.74, 6) is 0.793. The van der Waals surface area contributed by atoms with E-state index in [9.17, 15) is 0 Å². The summed E-state index contributed by atoms with van der Waals surface area (Å²) in [6, 6.07) is 6.20. The maximum absolute atomic E-state index is 5.77. The summed E-state index contributed by atoms with van der Waals surface area (Å²) in [7, 11) is 3.60. The van der Waals surface area contributed by atoms with Gasteiger partial charge in [0.1, 0.15) is 5.75 Å². The minimum absolute atomic E-state index is 0.485. The molecule has 0 aromatic heterocycles. The molecule has 0 spiro atoms. The van der Waals surface area contributed by atoms with Gasteiger partial charge in [-0.25, -0.2) is 0 Å². The molecule has 3 heteroatoms. The molecule has 3 N–H and O–H groups in total. The third-order valence-corrected chi connectivity index (χ3v) is 2.48. The van der Waals surface area contributed by atoms with Crippen molar-refractivity contribution in [2.75, 3.05) is 19.9 Å². The molecule has 1 rings (SSSR count). The number of anilines is 1.